The van der Waals surface area contributed by atoms with Crippen molar-refractivity contribution in [2.75, 3.05) is 45.9 Å². The smallest absolute Gasteiger partial charge is 0.244 e. The summed E-state index contributed by atoms with van der Waals surface area (Å²) in [6.07, 6.45) is 1.35. The lowest BCUT2D eigenvalue weighted by atomic mass is 10.2. The molecular weight excluding hydrogens is 458 g/mol. The van der Waals surface area contributed by atoms with E-state index in [0.717, 1.165) is 25.2 Å². The van der Waals surface area contributed by atoms with Gasteiger partial charge in [-0.1, -0.05) is 37.3 Å². The van der Waals surface area contributed by atoms with E-state index in [1.807, 2.05) is 30.3 Å². The highest BCUT2D eigenvalue weighted by Crippen LogP contribution is 2.27. The van der Waals surface area contributed by atoms with Gasteiger partial charge < -0.3 is 14.4 Å². The molecule has 1 fully saturated rings. The van der Waals surface area contributed by atoms with Crippen LogP contribution in [-0.2, 0) is 21.4 Å². The van der Waals surface area contributed by atoms with Crippen LogP contribution in [0.1, 0.15) is 12.5 Å². The number of pyridine rings is 1. The molecule has 0 unspecified atom stereocenters. The molecule has 1 aliphatic rings. The molecule has 0 bridgehead atoms. The number of nitrogens with zero attached hydrogens (tertiary/aromatic N) is 3. The molecule has 29 heavy (non-hydrogen) atoms. The molecule has 158 valence electrons. The van der Waals surface area contributed by atoms with E-state index in [1.54, 1.807) is 6.07 Å². The minimum atomic E-state index is -3.56. The van der Waals surface area contributed by atoms with Gasteiger partial charge in [-0.3, -0.25) is 0 Å². The number of halogens is 1. The quantitative estimate of drug-likeness (QED) is 0.510. The summed E-state index contributed by atoms with van der Waals surface area (Å²) in [6.45, 7) is 6.73. The fourth-order valence-corrected chi connectivity index (χ4v) is 5.06. The molecule has 1 aliphatic heterocycles. The summed E-state index contributed by atoms with van der Waals surface area (Å²) in [5, 5.41) is 0. The first-order valence-electron chi connectivity index (χ1n) is 9.63. The van der Waals surface area contributed by atoms with Crippen molar-refractivity contribution in [1.29, 1.82) is 0 Å². The molecule has 7 nitrogen and oxygen atoms in total. The second kappa shape index (κ2) is 10.5. The lowest BCUT2D eigenvalue weighted by Crippen LogP contribution is -2.48. The molecule has 1 aromatic carbocycles. The number of likely N-dealkylation sites (N-methyl/N-ethyl adjacent to an activating group) is 1. The predicted molar refractivity (Wildman–Crippen MR) is 114 cm³/mol. The number of ether oxygens (including phenoxy) is 2. The third-order valence-corrected chi connectivity index (χ3v) is 7.21. The largest absolute Gasteiger partial charge is 0.474 e. The van der Waals surface area contributed by atoms with Crippen LogP contribution in [0.3, 0.4) is 0 Å². The zero-order chi connectivity index (χ0) is 20.7. The van der Waals surface area contributed by atoms with E-state index in [2.05, 4.69) is 32.7 Å². The average Bonchev–Trinajstić information content (AvgIpc) is 2.75. The van der Waals surface area contributed by atoms with Gasteiger partial charge in [-0.2, -0.15) is 4.31 Å². The van der Waals surface area contributed by atoms with E-state index in [-0.39, 0.29) is 4.90 Å². The highest BCUT2D eigenvalue weighted by Gasteiger charge is 2.28. The first-order chi connectivity index (χ1) is 14.0. The van der Waals surface area contributed by atoms with Crippen LogP contribution in [0.4, 0.5) is 0 Å². The van der Waals surface area contributed by atoms with Gasteiger partial charge in [0.1, 0.15) is 11.5 Å². The van der Waals surface area contributed by atoms with Crippen LogP contribution >= 0.6 is 15.9 Å². The van der Waals surface area contributed by atoms with Crippen molar-refractivity contribution in [2.24, 2.45) is 0 Å². The summed E-state index contributed by atoms with van der Waals surface area (Å²) in [5.41, 5.74) is 1.10. The van der Waals surface area contributed by atoms with Crippen LogP contribution in [0, 0.1) is 0 Å². The maximum absolute atomic E-state index is 12.9. The molecule has 3 rings (SSSR count). The SMILES string of the molecule is CCN1CCN(S(=O)(=O)c2cnc(OCCOCc3ccccc3)c(Br)c2)CC1. The van der Waals surface area contributed by atoms with Gasteiger partial charge >= 0.3 is 0 Å². The molecule has 0 amide bonds. The topological polar surface area (TPSA) is 72.0 Å². The summed E-state index contributed by atoms with van der Waals surface area (Å²) in [7, 11) is -3.56. The van der Waals surface area contributed by atoms with E-state index in [0.29, 0.717) is 43.3 Å². The highest BCUT2D eigenvalue weighted by atomic mass is 79.9. The van der Waals surface area contributed by atoms with E-state index < -0.39 is 10.0 Å². The van der Waals surface area contributed by atoms with Gasteiger partial charge in [-0.25, -0.2) is 13.4 Å². The van der Waals surface area contributed by atoms with Gasteiger partial charge in [-0.05, 0) is 34.1 Å². The minimum Gasteiger partial charge on any atom is -0.474 e. The molecule has 2 heterocycles. The third-order valence-electron chi connectivity index (χ3n) is 4.78. The van der Waals surface area contributed by atoms with Crippen LogP contribution in [0.2, 0.25) is 0 Å². The van der Waals surface area contributed by atoms with Gasteiger partial charge in [0.2, 0.25) is 15.9 Å². The zero-order valence-electron chi connectivity index (χ0n) is 16.5. The summed E-state index contributed by atoms with van der Waals surface area (Å²) in [4.78, 5) is 6.59. The van der Waals surface area contributed by atoms with Crippen molar-refractivity contribution in [2.45, 2.75) is 18.4 Å². The average molecular weight is 484 g/mol. The van der Waals surface area contributed by atoms with Gasteiger partial charge in [0.15, 0.2) is 0 Å². The molecule has 0 atom stereocenters. The molecule has 0 radical (unpaired) electrons. The number of hydrogen-bond donors (Lipinski definition) is 0. The van der Waals surface area contributed by atoms with Gasteiger partial charge in [0, 0.05) is 26.2 Å². The number of rotatable bonds is 9. The fraction of sp³-hybridized carbons (Fsp3) is 0.450. The van der Waals surface area contributed by atoms with Gasteiger partial charge in [0.25, 0.3) is 0 Å². The Balaban J connectivity index is 1.51. The molecular formula is C20H26BrN3O4S. The lowest BCUT2D eigenvalue weighted by molar-refractivity contribution is 0.0872. The van der Waals surface area contributed by atoms with Crippen LogP contribution in [0.5, 0.6) is 5.88 Å². The van der Waals surface area contributed by atoms with Crippen molar-refractivity contribution in [1.82, 2.24) is 14.2 Å². The lowest BCUT2D eigenvalue weighted by Gasteiger charge is -2.33. The molecule has 0 saturated carbocycles. The zero-order valence-corrected chi connectivity index (χ0v) is 18.9. The van der Waals surface area contributed by atoms with Crippen molar-refractivity contribution in [3.8, 4) is 5.88 Å². The first-order valence-corrected chi connectivity index (χ1v) is 11.9. The second-order valence-electron chi connectivity index (χ2n) is 6.68. The van der Waals surface area contributed by atoms with Crippen LogP contribution in [-0.4, -0.2) is 68.5 Å². The van der Waals surface area contributed by atoms with Crippen molar-refractivity contribution >= 4 is 26.0 Å². The molecule has 2 aromatic rings. The van der Waals surface area contributed by atoms with Crippen molar-refractivity contribution in [3.63, 3.8) is 0 Å². The Labute approximate surface area is 180 Å². The summed E-state index contributed by atoms with van der Waals surface area (Å²) in [5.74, 6) is 0.350. The summed E-state index contributed by atoms with van der Waals surface area (Å²) < 4.78 is 39.0. The van der Waals surface area contributed by atoms with Gasteiger partial charge in [-0.15, -0.1) is 0 Å². The molecule has 1 saturated heterocycles. The summed E-state index contributed by atoms with van der Waals surface area (Å²) >= 11 is 3.37. The van der Waals surface area contributed by atoms with Crippen molar-refractivity contribution in [3.05, 3.63) is 52.6 Å². The summed E-state index contributed by atoms with van der Waals surface area (Å²) in [6, 6.07) is 11.4. The molecule has 9 heteroatoms. The van der Waals surface area contributed by atoms with E-state index in [1.165, 1.54) is 10.5 Å². The maximum Gasteiger partial charge on any atom is 0.244 e. The first kappa shape index (κ1) is 22.2. The molecule has 0 aliphatic carbocycles. The Bertz CT molecular complexity index is 888. The number of piperazine rings is 1. The number of sulfonamides is 1. The Morgan fingerprint density at radius 3 is 2.48 bits per heavy atom. The predicted octanol–water partition coefficient (Wildman–Crippen LogP) is 2.77. The Morgan fingerprint density at radius 2 is 1.83 bits per heavy atom. The second-order valence-corrected chi connectivity index (χ2v) is 9.48. The Hall–Kier alpha value is -1.52. The van der Waals surface area contributed by atoms with E-state index in [9.17, 15) is 8.42 Å². The minimum absolute atomic E-state index is 0.169. The highest BCUT2D eigenvalue weighted by molar-refractivity contribution is 9.10. The molecule has 0 N–H and O–H groups in total. The maximum atomic E-state index is 12.9. The normalized spacial score (nSPS) is 16.1. The monoisotopic (exact) mass is 483 g/mol. The van der Waals surface area contributed by atoms with E-state index in [4.69, 9.17) is 9.47 Å². The number of benzene rings is 1. The number of aromatic nitrogens is 1. The van der Waals surface area contributed by atoms with Crippen LogP contribution < -0.4 is 4.74 Å². The molecule has 1 aromatic heterocycles. The number of hydrogen-bond acceptors (Lipinski definition) is 6. The van der Waals surface area contributed by atoms with Gasteiger partial charge in [0.05, 0.1) is 23.9 Å². The Kier molecular flexibility index (Phi) is 8.02. The standard InChI is InChI=1S/C20H26BrN3O4S/c1-2-23-8-10-24(11-9-23)29(25,26)18-14-19(21)20(22-15-18)28-13-12-27-16-17-6-4-3-5-7-17/h3-7,14-15H,2,8-13,16H2,1H3. The van der Waals surface area contributed by atoms with Crippen LogP contribution in [0.25, 0.3) is 0 Å². The molecule has 0 spiro atoms. The van der Waals surface area contributed by atoms with Crippen LogP contribution in [0.15, 0.2) is 52.0 Å². The fourth-order valence-electron chi connectivity index (χ4n) is 3.05. The van der Waals surface area contributed by atoms with E-state index >= 15 is 0 Å². The Morgan fingerprint density at radius 1 is 1.10 bits per heavy atom. The van der Waals surface area contributed by atoms with Crippen molar-refractivity contribution < 1.29 is 17.9 Å². The third kappa shape index (κ3) is 5.99.